The maximum atomic E-state index is 12.5. The zero-order valence-electron chi connectivity index (χ0n) is 13.2. The highest BCUT2D eigenvalue weighted by Gasteiger charge is 2.18. The van der Waals surface area contributed by atoms with Gasteiger partial charge >= 0.3 is 0 Å². The number of phenolic OH excluding ortho intramolecular Hbond substituents is 1. The third-order valence-corrected chi connectivity index (χ3v) is 5.46. The number of benzene rings is 2. The molecule has 3 rings (SSSR count). The summed E-state index contributed by atoms with van der Waals surface area (Å²) in [5.41, 5.74) is 1.05. The second-order valence-corrected chi connectivity index (χ2v) is 8.26. The van der Waals surface area contributed by atoms with E-state index < -0.39 is 5.91 Å². The van der Waals surface area contributed by atoms with E-state index in [9.17, 15) is 9.90 Å². The maximum absolute atomic E-state index is 12.5. The molecule has 3 aromatic rings. The largest absolute Gasteiger partial charge is 0.508 e. The monoisotopic (exact) mass is 515 g/mol. The van der Waals surface area contributed by atoms with Crippen molar-refractivity contribution in [2.75, 3.05) is 12.4 Å². The van der Waals surface area contributed by atoms with Gasteiger partial charge in [0.2, 0.25) is 0 Å². The first-order valence-corrected chi connectivity index (χ1v) is 9.93. The predicted octanol–water partition coefficient (Wildman–Crippen LogP) is 4.66. The number of ether oxygens (including phenoxy) is 1. The molecule has 0 atom stereocenters. The van der Waals surface area contributed by atoms with Crippen molar-refractivity contribution in [3.8, 4) is 11.5 Å². The van der Waals surface area contributed by atoms with Gasteiger partial charge in [-0.1, -0.05) is 27.3 Å². The number of aromatic nitrogens is 1. The van der Waals surface area contributed by atoms with Crippen molar-refractivity contribution >= 4 is 81.8 Å². The third kappa shape index (κ3) is 4.14. The molecule has 0 spiro atoms. The van der Waals surface area contributed by atoms with Crippen LogP contribution < -0.4 is 15.4 Å². The lowest BCUT2D eigenvalue weighted by molar-refractivity contribution is 0.0974. The topological polar surface area (TPSA) is 83.5 Å². The SMILES string of the molecule is COc1c(Br)cc(Br)cc1C(=O)NC(=S)Nc1nc2ccc(O)cc2s1. The summed E-state index contributed by atoms with van der Waals surface area (Å²) >= 11 is 13.2. The molecule has 0 aliphatic heterocycles. The summed E-state index contributed by atoms with van der Waals surface area (Å²) in [7, 11) is 1.48. The number of aromatic hydroxyl groups is 1. The van der Waals surface area contributed by atoms with Crippen molar-refractivity contribution in [3.63, 3.8) is 0 Å². The molecule has 0 saturated carbocycles. The molecule has 0 aliphatic carbocycles. The van der Waals surface area contributed by atoms with Gasteiger partial charge < -0.3 is 15.2 Å². The summed E-state index contributed by atoms with van der Waals surface area (Å²) < 4.78 is 7.45. The van der Waals surface area contributed by atoms with Crippen molar-refractivity contribution in [1.82, 2.24) is 10.3 Å². The molecular formula is C16H11Br2N3O3S2. The number of methoxy groups -OCH3 is 1. The Morgan fingerprint density at radius 1 is 1.31 bits per heavy atom. The second kappa shape index (κ2) is 7.87. The fraction of sp³-hybridized carbons (Fsp3) is 0.0625. The van der Waals surface area contributed by atoms with Gasteiger partial charge in [0.1, 0.15) is 11.5 Å². The zero-order chi connectivity index (χ0) is 18.8. The van der Waals surface area contributed by atoms with E-state index in [1.165, 1.54) is 18.4 Å². The Balaban J connectivity index is 1.76. The van der Waals surface area contributed by atoms with Crippen LogP contribution in [-0.4, -0.2) is 28.2 Å². The van der Waals surface area contributed by atoms with Gasteiger partial charge in [-0.3, -0.25) is 10.1 Å². The minimum Gasteiger partial charge on any atom is -0.508 e. The molecule has 0 aliphatic rings. The number of thiazole rings is 1. The predicted molar refractivity (Wildman–Crippen MR) is 113 cm³/mol. The smallest absolute Gasteiger partial charge is 0.261 e. The van der Waals surface area contributed by atoms with Gasteiger partial charge in [0.25, 0.3) is 5.91 Å². The van der Waals surface area contributed by atoms with Crippen LogP contribution in [0.3, 0.4) is 0 Å². The number of nitrogens with zero attached hydrogens (tertiary/aromatic N) is 1. The Kier molecular flexibility index (Phi) is 5.76. The van der Waals surface area contributed by atoms with E-state index in [1.54, 1.807) is 30.3 Å². The molecule has 0 saturated heterocycles. The summed E-state index contributed by atoms with van der Waals surface area (Å²) in [5.74, 6) is 0.153. The van der Waals surface area contributed by atoms with Crippen LogP contribution in [0.25, 0.3) is 10.2 Å². The molecule has 1 heterocycles. The van der Waals surface area contributed by atoms with Gasteiger partial charge in [0, 0.05) is 4.47 Å². The number of rotatable bonds is 3. The number of anilines is 1. The number of fused-ring (bicyclic) bond motifs is 1. The van der Waals surface area contributed by atoms with Crippen LogP contribution in [0.4, 0.5) is 5.13 Å². The Hall–Kier alpha value is -1.75. The molecule has 6 nitrogen and oxygen atoms in total. The minimum absolute atomic E-state index is 0.108. The van der Waals surface area contributed by atoms with Crippen LogP contribution in [-0.2, 0) is 0 Å². The lowest BCUT2D eigenvalue weighted by Crippen LogP contribution is -2.34. The summed E-state index contributed by atoms with van der Waals surface area (Å²) in [6.45, 7) is 0. The normalized spacial score (nSPS) is 10.6. The highest BCUT2D eigenvalue weighted by Crippen LogP contribution is 2.33. The standard InChI is InChI=1S/C16H11Br2N3O3S2/c1-24-13-9(4-7(17)5-10(13)18)14(23)20-15(25)21-16-19-11-3-2-8(22)6-12(11)26-16/h2-6,22H,1H3,(H2,19,20,21,23,25). The summed E-state index contributed by atoms with van der Waals surface area (Å²) in [5, 5.41) is 15.6. The number of carbonyl (C=O) groups is 1. The first-order valence-electron chi connectivity index (χ1n) is 7.12. The fourth-order valence-electron chi connectivity index (χ4n) is 2.20. The highest BCUT2D eigenvalue weighted by molar-refractivity contribution is 9.11. The molecule has 26 heavy (non-hydrogen) atoms. The molecule has 0 unspecified atom stereocenters. The maximum Gasteiger partial charge on any atom is 0.261 e. The molecule has 10 heteroatoms. The van der Waals surface area contributed by atoms with E-state index in [-0.39, 0.29) is 10.9 Å². The van der Waals surface area contributed by atoms with Crippen LogP contribution in [0, 0.1) is 0 Å². The zero-order valence-corrected chi connectivity index (χ0v) is 18.0. The van der Waals surface area contributed by atoms with Crippen LogP contribution in [0.1, 0.15) is 10.4 Å². The van der Waals surface area contributed by atoms with E-state index in [0.717, 1.165) is 14.7 Å². The Morgan fingerprint density at radius 3 is 2.81 bits per heavy atom. The third-order valence-electron chi connectivity index (χ3n) is 3.28. The molecular weight excluding hydrogens is 506 g/mol. The van der Waals surface area contributed by atoms with Crippen LogP contribution in [0.2, 0.25) is 0 Å². The number of thiocarbonyl (C=S) groups is 1. The number of hydrogen-bond donors (Lipinski definition) is 3. The highest BCUT2D eigenvalue weighted by atomic mass is 79.9. The van der Waals surface area contributed by atoms with Crippen molar-refractivity contribution in [2.45, 2.75) is 0 Å². The van der Waals surface area contributed by atoms with Crippen LogP contribution in [0.5, 0.6) is 11.5 Å². The lowest BCUT2D eigenvalue weighted by atomic mass is 10.2. The lowest BCUT2D eigenvalue weighted by Gasteiger charge is -2.12. The Bertz CT molecular complexity index is 1020. The minimum atomic E-state index is -0.417. The van der Waals surface area contributed by atoms with Gasteiger partial charge in [-0.15, -0.1) is 0 Å². The molecule has 0 radical (unpaired) electrons. The number of hydrogen-bond acceptors (Lipinski definition) is 6. The number of amides is 1. The van der Waals surface area contributed by atoms with E-state index in [0.29, 0.717) is 20.9 Å². The number of phenols is 1. The van der Waals surface area contributed by atoms with E-state index in [2.05, 4.69) is 47.5 Å². The first kappa shape index (κ1) is 19.0. The number of halogens is 2. The van der Waals surface area contributed by atoms with Gasteiger partial charge in [-0.2, -0.15) is 0 Å². The van der Waals surface area contributed by atoms with E-state index >= 15 is 0 Å². The number of nitrogens with one attached hydrogen (secondary N) is 2. The number of carbonyl (C=O) groups excluding carboxylic acids is 1. The fourth-order valence-corrected chi connectivity index (χ4v) is 4.75. The quantitative estimate of drug-likeness (QED) is 0.439. The van der Waals surface area contributed by atoms with Crippen LogP contribution in [0.15, 0.2) is 39.3 Å². The van der Waals surface area contributed by atoms with Crippen LogP contribution >= 0.6 is 55.4 Å². The first-order chi connectivity index (χ1) is 12.4. The van der Waals surface area contributed by atoms with Gasteiger partial charge in [0.15, 0.2) is 10.2 Å². The van der Waals surface area contributed by atoms with Gasteiger partial charge in [-0.05, 0) is 58.5 Å². The molecule has 3 N–H and O–H groups in total. The van der Waals surface area contributed by atoms with Crippen molar-refractivity contribution < 1.29 is 14.6 Å². The van der Waals surface area contributed by atoms with Crippen molar-refractivity contribution in [2.24, 2.45) is 0 Å². The average Bonchev–Trinajstić information content (AvgIpc) is 2.95. The molecule has 0 bridgehead atoms. The average molecular weight is 517 g/mol. The molecule has 2 aromatic carbocycles. The van der Waals surface area contributed by atoms with E-state index in [1.807, 2.05) is 0 Å². The second-order valence-electron chi connectivity index (χ2n) is 5.05. The van der Waals surface area contributed by atoms with Gasteiger partial charge in [0.05, 0.1) is 27.4 Å². The molecule has 0 fully saturated rings. The molecule has 1 amide bonds. The summed E-state index contributed by atoms with van der Waals surface area (Å²) in [4.78, 5) is 16.9. The molecule has 1 aromatic heterocycles. The van der Waals surface area contributed by atoms with Gasteiger partial charge in [-0.25, -0.2) is 4.98 Å². The Morgan fingerprint density at radius 2 is 2.08 bits per heavy atom. The Labute approximate surface area is 174 Å². The van der Waals surface area contributed by atoms with Crippen molar-refractivity contribution in [3.05, 3.63) is 44.8 Å². The van der Waals surface area contributed by atoms with E-state index in [4.69, 9.17) is 17.0 Å². The molecule has 134 valence electrons. The van der Waals surface area contributed by atoms with Crippen molar-refractivity contribution in [1.29, 1.82) is 0 Å². The summed E-state index contributed by atoms with van der Waals surface area (Å²) in [6, 6.07) is 8.30. The summed E-state index contributed by atoms with van der Waals surface area (Å²) in [6.07, 6.45) is 0.